The second-order valence-electron chi connectivity index (χ2n) is 2.71. The average molecular weight is 188 g/mol. The van der Waals surface area contributed by atoms with Crippen molar-refractivity contribution in [3.05, 3.63) is 36.3 Å². The third-order valence-electron chi connectivity index (χ3n) is 1.75. The third-order valence-corrected chi connectivity index (χ3v) is 1.75. The molecule has 0 aliphatic heterocycles. The lowest BCUT2D eigenvalue weighted by molar-refractivity contribution is 0.0995. The highest BCUT2D eigenvalue weighted by atomic mass is 16.1. The van der Waals surface area contributed by atoms with Gasteiger partial charge >= 0.3 is 0 Å². The molecule has 0 spiro atoms. The van der Waals surface area contributed by atoms with Crippen LogP contribution in [0.25, 0.3) is 11.5 Å². The van der Waals surface area contributed by atoms with Gasteiger partial charge in [0, 0.05) is 12.4 Å². The van der Waals surface area contributed by atoms with Crippen LogP contribution in [-0.2, 0) is 0 Å². The molecule has 0 unspecified atom stereocenters. The molecule has 2 rings (SSSR count). The predicted octanol–water partition coefficient (Wildman–Crippen LogP) is 0.571. The van der Waals surface area contributed by atoms with E-state index in [1.807, 2.05) is 12.1 Å². The third kappa shape index (κ3) is 1.47. The Bertz CT molecular complexity index is 450. The van der Waals surface area contributed by atoms with E-state index in [0.717, 1.165) is 5.69 Å². The van der Waals surface area contributed by atoms with E-state index in [-0.39, 0.29) is 5.69 Å². The lowest BCUT2D eigenvalue weighted by atomic mass is 10.3. The maximum atomic E-state index is 10.8. The number of aromatic amines is 1. The number of rotatable bonds is 2. The van der Waals surface area contributed by atoms with Crippen molar-refractivity contribution < 1.29 is 4.79 Å². The Morgan fingerprint density at radius 3 is 2.93 bits per heavy atom. The van der Waals surface area contributed by atoms with Gasteiger partial charge in [0.2, 0.25) is 0 Å². The summed E-state index contributed by atoms with van der Waals surface area (Å²) in [5.41, 5.74) is 6.07. The molecule has 2 aromatic heterocycles. The van der Waals surface area contributed by atoms with Gasteiger partial charge in [0.05, 0.1) is 5.69 Å². The zero-order chi connectivity index (χ0) is 9.97. The zero-order valence-corrected chi connectivity index (χ0v) is 7.27. The van der Waals surface area contributed by atoms with Crippen LogP contribution in [0.15, 0.2) is 30.6 Å². The number of primary amides is 1. The van der Waals surface area contributed by atoms with Crippen LogP contribution in [0.5, 0.6) is 0 Å². The van der Waals surface area contributed by atoms with Crippen LogP contribution in [0.2, 0.25) is 0 Å². The fraction of sp³-hybridized carbons (Fsp3) is 0. The normalized spacial score (nSPS) is 10.0. The SMILES string of the molecule is NC(=O)c1ccnc(-c2ccc[nH]2)n1. The van der Waals surface area contributed by atoms with Crippen molar-refractivity contribution in [2.75, 3.05) is 0 Å². The molecule has 0 radical (unpaired) electrons. The molecule has 3 N–H and O–H groups in total. The van der Waals surface area contributed by atoms with Crippen LogP contribution in [0.4, 0.5) is 0 Å². The first kappa shape index (κ1) is 8.43. The zero-order valence-electron chi connectivity index (χ0n) is 7.27. The Morgan fingerprint density at radius 2 is 2.29 bits per heavy atom. The molecule has 0 aromatic carbocycles. The highest BCUT2D eigenvalue weighted by Gasteiger charge is 2.05. The molecule has 0 bridgehead atoms. The fourth-order valence-corrected chi connectivity index (χ4v) is 1.10. The molecule has 0 saturated heterocycles. The van der Waals surface area contributed by atoms with E-state index >= 15 is 0 Å². The van der Waals surface area contributed by atoms with Gasteiger partial charge in [0.1, 0.15) is 5.69 Å². The van der Waals surface area contributed by atoms with Crippen molar-refractivity contribution in [3.8, 4) is 11.5 Å². The highest BCUT2D eigenvalue weighted by Crippen LogP contribution is 2.10. The van der Waals surface area contributed by atoms with Gasteiger partial charge < -0.3 is 10.7 Å². The number of nitrogens with zero attached hydrogens (tertiary/aromatic N) is 2. The monoisotopic (exact) mass is 188 g/mol. The largest absolute Gasteiger partial charge is 0.364 e. The van der Waals surface area contributed by atoms with Crippen LogP contribution in [0.3, 0.4) is 0 Å². The molecule has 0 saturated carbocycles. The van der Waals surface area contributed by atoms with E-state index in [9.17, 15) is 4.79 Å². The average Bonchev–Trinajstić information content (AvgIpc) is 2.71. The second kappa shape index (κ2) is 3.29. The number of nitrogens with two attached hydrogens (primary N) is 1. The molecule has 2 aromatic rings. The van der Waals surface area contributed by atoms with Gasteiger partial charge in [-0.2, -0.15) is 0 Å². The number of carbonyl (C=O) groups excluding carboxylic acids is 1. The molecular formula is C9H8N4O. The molecule has 1 amide bonds. The van der Waals surface area contributed by atoms with Crippen LogP contribution in [0, 0.1) is 0 Å². The van der Waals surface area contributed by atoms with Crippen LogP contribution < -0.4 is 5.73 Å². The first-order valence-electron chi connectivity index (χ1n) is 4.04. The Balaban J connectivity index is 2.46. The van der Waals surface area contributed by atoms with Gasteiger partial charge in [0.25, 0.3) is 5.91 Å². The number of amides is 1. The Labute approximate surface area is 80.0 Å². The number of aromatic nitrogens is 3. The summed E-state index contributed by atoms with van der Waals surface area (Å²) in [6.45, 7) is 0. The Morgan fingerprint density at radius 1 is 1.43 bits per heavy atom. The standard InChI is InChI=1S/C9H8N4O/c10-8(14)6-3-5-12-9(13-6)7-2-1-4-11-7/h1-5,11H,(H2,10,14). The summed E-state index contributed by atoms with van der Waals surface area (Å²) in [5, 5.41) is 0. The van der Waals surface area contributed by atoms with Crippen LogP contribution in [0.1, 0.15) is 10.5 Å². The van der Waals surface area contributed by atoms with E-state index in [2.05, 4.69) is 15.0 Å². The van der Waals surface area contributed by atoms with Crippen molar-refractivity contribution in [2.45, 2.75) is 0 Å². The van der Waals surface area contributed by atoms with Gasteiger partial charge in [-0.15, -0.1) is 0 Å². The van der Waals surface area contributed by atoms with Crippen molar-refractivity contribution in [2.24, 2.45) is 5.73 Å². The maximum Gasteiger partial charge on any atom is 0.267 e. The summed E-state index contributed by atoms with van der Waals surface area (Å²) in [5.74, 6) is -0.0912. The number of hydrogen-bond donors (Lipinski definition) is 2. The summed E-state index contributed by atoms with van der Waals surface area (Å²) >= 11 is 0. The Kier molecular flexibility index (Phi) is 1.98. The first-order chi connectivity index (χ1) is 6.77. The maximum absolute atomic E-state index is 10.8. The molecule has 0 aliphatic carbocycles. The second-order valence-corrected chi connectivity index (χ2v) is 2.71. The molecule has 0 atom stereocenters. The molecule has 70 valence electrons. The number of nitrogens with one attached hydrogen (secondary N) is 1. The fourth-order valence-electron chi connectivity index (χ4n) is 1.10. The lowest BCUT2D eigenvalue weighted by Crippen LogP contribution is -2.13. The topological polar surface area (TPSA) is 84.7 Å². The molecular weight excluding hydrogens is 180 g/mol. The van der Waals surface area contributed by atoms with Crippen molar-refractivity contribution >= 4 is 5.91 Å². The molecule has 0 fully saturated rings. The highest BCUT2D eigenvalue weighted by molar-refractivity contribution is 5.90. The summed E-state index contributed by atoms with van der Waals surface area (Å²) in [6, 6.07) is 5.13. The molecule has 5 nitrogen and oxygen atoms in total. The quantitative estimate of drug-likeness (QED) is 0.722. The molecule has 5 heteroatoms. The van der Waals surface area contributed by atoms with Crippen molar-refractivity contribution in [3.63, 3.8) is 0 Å². The smallest absolute Gasteiger partial charge is 0.267 e. The first-order valence-corrected chi connectivity index (χ1v) is 4.04. The van der Waals surface area contributed by atoms with Crippen molar-refractivity contribution in [1.82, 2.24) is 15.0 Å². The summed E-state index contributed by atoms with van der Waals surface area (Å²) in [7, 11) is 0. The minimum Gasteiger partial charge on any atom is -0.364 e. The summed E-state index contributed by atoms with van der Waals surface area (Å²) in [4.78, 5) is 21.8. The van der Waals surface area contributed by atoms with Crippen LogP contribution >= 0.6 is 0 Å². The van der Waals surface area contributed by atoms with Gasteiger partial charge in [-0.05, 0) is 18.2 Å². The minimum absolute atomic E-state index is 0.213. The summed E-state index contributed by atoms with van der Waals surface area (Å²) in [6.07, 6.45) is 3.26. The number of H-pyrrole nitrogens is 1. The lowest BCUT2D eigenvalue weighted by Gasteiger charge is -1.97. The van der Waals surface area contributed by atoms with Gasteiger partial charge in [-0.25, -0.2) is 9.97 Å². The van der Waals surface area contributed by atoms with Crippen molar-refractivity contribution in [1.29, 1.82) is 0 Å². The van der Waals surface area contributed by atoms with E-state index < -0.39 is 5.91 Å². The molecule has 2 heterocycles. The van der Waals surface area contributed by atoms with Gasteiger partial charge in [-0.1, -0.05) is 0 Å². The minimum atomic E-state index is -0.555. The predicted molar refractivity (Wildman–Crippen MR) is 50.3 cm³/mol. The molecule has 0 aliphatic rings. The Hall–Kier alpha value is -2.17. The number of carbonyl (C=O) groups is 1. The molecule has 14 heavy (non-hydrogen) atoms. The number of hydrogen-bond acceptors (Lipinski definition) is 3. The van der Waals surface area contributed by atoms with E-state index in [4.69, 9.17) is 5.73 Å². The summed E-state index contributed by atoms with van der Waals surface area (Å²) < 4.78 is 0. The van der Waals surface area contributed by atoms with Gasteiger partial charge in [0.15, 0.2) is 5.82 Å². The van der Waals surface area contributed by atoms with Gasteiger partial charge in [-0.3, -0.25) is 4.79 Å². The van der Waals surface area contributed by atoms with E-state index in [0.29, 0.717) is 5.82 Å². The van der Waals surface area contributed by atoms with Crippen LogP contribution in [-0.4, -0.2) is 20.9 Å². The van der Waals surface area contributed by atoms with E-state index in [1.165, 1.54) is 12.3 Å². The van der Waals surface area contributed by atoms with E-state index in [1.54, 1.807) is 6.20 Å².